The van der Waals surface area contributed by atoms with E-state index in [4.69, 9.17) is 4.42 Å². The smallest absolute Gasteiger partial charge is 0.120 e. The van der Waals surface area contributed by atoms with Crippen molar-refractivity contribution in [2.75, 3.05) is 19.6 Å². The van der Waals surface area contributed by atoms with Crippen molar-refractivity contribution in [3.63, 3.8) is 0 Å². The molecule has 100 valence electrons. The van der Waals surface area contributed by atoms with Crippen LogP contribution in [-0.2, 0) is 0 Å². The van der Waals surface area contributed by atoms with Gasteiger partial charge in [-0.2, -0.15) is 0 Å². The fourth-order valence-electron chi connectivity index (χ4n) is 3.53. The molecule has 2 unspecified atom stereocenters. The topological polar surface area (TPSA) is 28.4 Å². The van der Waals surface area contributed by atoms with E-state index in [1.165, 1.54) is 45.3 Å². The third-order valence-electron chi connectivity index (χ3n) is 4.74. The van der Waals surface area contributed by atoms with E-state index in [1.54, 1.807) is 6.26 Å². The van der Waals surface area contributed by atoms with Crippen LogP contribution in [0.3, 0.4) is 0 Å². The summed E-state index contributed by atoms with van der Waals surface area (Å²) in [5, 5.41) is 3.66. The summed E-state index contributed by atoms with van der Waals surface area (Å²) in [4.78, 5) is 2.56. The van der Waals surface area contributed by atoms with E-state index in [0.717, 1.165) is 17.7 Å². The molecule has 2 fully saturated rings. The highest BCUT2D eigenvalue weighted by Crippen LogP contribution is 2.30. The van der Waals surface area contributed by atoms with Crippen LogP contribution in [-0.4, -0.2) is 30.6 Å². The van der Waals surface area contributed by atoms with Gasteiger partial charge in [0.05, 0.1) is 12.3 Å². The maximum Gasteiger partial charge on any atom is 0.120 e. The summed E-state index contributed by atoms with van der Waals surface area (Å²) in [5.41, 5.74) is 0. The Balaban J connectivity index is 1.53. The molecule has 3 nitrogen and oxygen atoms in total. The number of furan rings is 1. The standard InChI is InChI=1S/C15H24N2O/c1-12(15-5-3-11-18-15)17-9-6-13(7-10-17)14-4-2-8-16-14/h3,5,11-14,16H,2,4,6-10H2,1H3. The summed E-state index contributed by atoms with van der Waals surface area (Å²) in [6, 6.07) is 5.31. The molecule has 0 radical (unpaired) electrons. The predicted octanol–water partition coefficient (Wildman–Crippen LogP) is 2.80. The molecular formula is C15H24N2O. The Morgan fingerprint density at radius 1 is 1.33 bits per heavy atom. The van der Waals surface area contributed by atoms with E-state index in [2.05, 4.69) is 23.2 Å². The van der Waals surface area contributed by atoms with E-state index in [9.17, 15) is 0 Å². The Morgan fingerprint density at radius 3 is 2.78 bits per heavy atom. The molecule has 0 saturated carbocycles. The molecule has 0 aliphatic carbocycles. The molecule has 2 saturated heterocycles. The Hall–Kier alpha value is -0.800. The zero-order valence-corrected chi connectivity index (χ0v) is 11.3. The van der Waals surface area contributed by atoms with E-state index < -0.39 is 0 Å². The zero-order valence-electron chi connectivity index (χ0n) is 11.3. The average Bonchev–Trinajstić information content (AvgIpc) is 3.11. The van der Waals surface area contributed by atoms with Crippen LogP contribution in [0.5, 0.6) is 0 Å². The van der Waals surface area contributed by atoms with Gasteiger partial charge in [0.25, 0.3) is 0 Å². The van der Waals surface area contributed by atoms with Crippen LogP contribution in [0.4, 0.5) is 0 Å². The molecule has 2 aliphatic rings. The Kier molecular flexibility index (Phi) is 3.71. The lowest BCUT2D eigenvalue weighted by molar-refractivity contribution is 0.115. The molecule has 1 aromatic rings. The van der Waals surface area contributed by atoms with Crippen molar-refractivity contribution in [3.8, 4) is 0 Å². The van der Waals surface area contributed by atoms with E-state index >= 15 is 0 Å². The van der Waals surface area contributed by atoms with Crippen molar-refractivity contribution in [2.45, 2.75) is 44.7 Å². The fraction of sp³-hybridized carbons (Fsp3) is 0.733. The van der Waals surface area contributed by atoms with Crippen LogP contribution in [0.15, 0.2) is 22.8 Å². The number of hydrogen-bond acceptors (Lipinski definition) is 3. The van der Waals surface area contributed by atoms with Gasteiger partial charge in [0.1, 0.15) is 5.76 Å². The van der Waals surface area contributed by atoms with Crippen molar-refractivity contribution in [3.05, 3.63) is 24.2 Å². The molecule has 0 aromatic carbocycles. The minimum absolute atomic E-state index is 0.428. The predicted molar refractivity (Wildman–Crippen MR) is 72.4 cm³/mol. The lowest BCUT2D eigenvalue weighted by Gasteiger charge is -2.37. The Labute approximate surface area is 110 Å². The van der Waals surface area contributed by atoms with Gasteiger partial charge in [-0.25, -0.2) is 0 Å². The molecule has 3 heterocycles. The maximum absolute atomic E-state index is 5.52. The summed E-state index contributed by atoms with van der Waals surface area (Å²) >= 11 is 0. The van der Waals surface area contributed by atoms with Crippen molar-refractivity contribution in [2.24, 2.45) is 5.92 Å². The highest BCUT2D eigenvalue weighted by atomic mass is 16.3. The SMILES string of the molecule is CC(c1ccco1)N1CCC(C2CCCN2)CC1. The van der Waals surface area contributed by atoms with Gasteiger partial charge in [-0.1, -0.05) is 0 Å². The van der Waals surface area contributed by atoms with Gasteiger partial charge in [0, 0.05) is 6.04 Å². The second kappa shape index (κ2) is 5.45. The Bertz CT molecular complexity index is 349. The first-order chi connectivity index (χ1) is 8.84. The first kappa shape index (κ1) is 12.2. The number of hydrogen-bond donors (Lipinski definition) is 1. The number of nitrogens with one attached hydrogen (secondary N) is 1. The van der Waals surface area contributed by atoms with Crippen molar-refractivity contribution >= 4 is 0 Å². The fourth-order valence-corrected chi connectivity index (χ4v) is 3.53. The van der Waals surface area contributed by atoms with Crippen molar-refractivity contribution in [1.29, 1.82) is 0 Å². The van der Waals surface area contributed by atoms with Gasteiger partial charge < -0.3 is 9.73 Å². The first-order valence-corrected chi connectivity index (χ1v) is 7.35. The number of rotatable bonds is 3. The lowest BCUT2D eigenvalue weighted by atomic mass is 9.88. The van der Waals surface area contributed by atoms with E-state index in [0.29, 0.717) is 6.04 Å². The maximum atomic E-state index is 5.52. The first-order valence-electron chi connectivity index (χ1n) is 7.35. The van der Waals surface area contributed by atoms with Crippen LogP contribution in [0.2, 0.25) is 0 Å². The van der Waals surface area contributed by atoms with Gasteiger partial charge >= 0.3 is 0 Å². The van der Waals surface area contributed by atoms with E-state index in [-0.39, 0.29) is 0 Å². The molecule has 1 aromatic heterocycles. The number of piperidine rings is 1. The summed E-state index contributed by atoms with van der Waals surface area (Å²) in [5.74, 6) is 2.00. The summed E-state index contributed by atoms with van der Waals surface area (Å²) < 4.78 is 5.52. The van der Waals surface area contributed by atoms with Crippen molar-refractivity contribution < 1.29 is 4.42 Å². The van der Waals surface area contributed by atoms with E-state index in [1.807, 2.05) is 6.07 Å². The second-order valence-electron chi connectivity index (χ2n) is 5.77. The van der Waals surface area contributed by atoms with Gasteiger partial charge in [0.2, 0.25) is 0 Å². The number of nitrogens with zero attached hydrogens (tertiary/aromatic N) is 1. The minimum atomic E-state index is 0.428. The summed E-state index contributed by atoms with van der Waals surface area (Å²) in [6.45, 7) is 5.91. The summed E-state index contributed by atoms with van der Waals surface area (Å²) in [6.07, 6.45) is 7.21. The van der Waals surface area contributed by atoms with Crippen LogP contribution >= 0.6 is 0 Å². The quantitative estimate of drug-likeness (QED) is 0.891. The minimum Gasteiger partial charge on any atom is -0.468 e. The molecule has 3 rings (SSSR count). The zero-order chi connectivity index (χ0) is 12.4. The third-order valence-corrected chi connectivity index (χ3v) is 4.74. The highest BCUT2D eigenvalue weighted by Gasteiger charge is 2.30. The van der Waals surface area contributed by atoms with Gasteiger partial charge in [-0.3, -0.25) is 4.90 Å². The molecule has 1 N–H and O–H groups in total. The molecule has 0 spiro atoms. The van der Waals surface area contributed by atoms with Crippen LogP contribution in [0.1, 0.15) is 44.4 Å². The third kappa shape index (κ3) is 2.47. The van der Waals surface area contributed by atoms with Crippen LogP contribution in [0.25, 0.3) is 0 Å². The molecule has 0 bridgehead atoms. The average molecular weight is 248 g/mol. The normalized spacial score (nSPS) is 28.6. The van der Waals surface area contributed by atoms with Crippen molar-refractivity contribution in [1.82, 2.24) is 10.2 Å². The molecular weight excluding hydrogens is 224 g/mol. The van der Waals surface area contributed by atoms with Crippen LogP contribution < -0.4 is 5.32 Å². The molecule has 2 atom stereocenters. The largest absolute Gasteiger partial charge is 0.468 e. The number of likely N-dealkylation sites (tertiary alicyclic amines) is 1. The van der Waals surface area contributed by atoms with Gasteiger partial charge in [-0.15, -0.1) is 0 Å². The van der Waals surface area contributed by atoms with Gasteiger partial charge in [-0.05, 0) is 70.3 Å². The second-order valence-corrected chi connectivity index (χ2v) is 5.77. The van der Waals surface area contributed by atoms with Crippen LogP contribution in [0, 0.1) is 5.92 Å². The summed E-state index contributed by atoms with van der Waals surface area (Å²) in [7, 11) is 0. The monoisotopic (exact) mass is 248 g/mol. The molecule has 18 heavy (non-hydrogen) atoms. The molecule has 0 amide bonds. The lowest BCUT2D eigenvalue weighted by Crippen LogP contribution is -2.41. The molecule has 2 aliphatic heterocycles. The highest BCUT2D eigenvalue weighted by molar-refractivity contribution is 5.04. The Morgan fingerprint density at radius 2 is 2.17 bits per heavy atom. The molecule has 3 heteroatoms. The van der Waals surface area contributed by atoms with Gasteiger partial charge in [0.15, 0.2) is 0 Å².